The zero-order valence-electron chi connectivity index (χ0n) is 33.0. The first-order valence-corrected chi connectivity index (χ1v) is 20.0. The zero-order chi connectivity index (χ0) is 39.8. The van der Waals surface area contributed by atoms with Gasteiger partial charge < -0.3 is 9.47 Å². The summed E-state index contributed by atoms with van der Waals surface area (Å²) in [5.74, 6) is -2.12. The van der Waals surface area contributed by atoms with E-state index in [1.54, 1.807) is 0 Å². The third-order valence-corrected chi connectivity index (χ3v) is 10.9. The highest BCUT2D eigenvalue weighted by molar-refractivity contribution is 6.29. The number of ether oxygens (including phenoxy) is 2. The Morgan fingerprint density at radius 2 is 0.931 bits per heavy atom. The Bertz CT molecular complexity index is 2220. The molecule has 0 saturated carbocycles. The first-order valence-electron chi connectivity index (χ1n) is 20.0. The van der Waals surface area contributed by atoms with E-state index in [0.717, 1.165) is 94.7 Å². The van der Waals surface area contributed by atoms with Crippen LogP contribution in [0.2, 0.25) is 0 Å². The fourth-order valence-electron chi connectivity index (χ4n) is 7.94. The van der Waals surface area contributed by atoms with Crippen LogP contribution < -0.4 is 0 Å². The fraction of sp³-hybridized carbons (Fsp3) is 0.250. The second kappa shape index (κ2) is 17.8. The van der Waals surface area contributed by atoms with Crippen molar-refractivity contribution in [3.05, 3.63) is 180 Å². The third-order valence-electron chi connectivity index (χ3n) is 10.9. The molecule has 0 saturated heterocycles. The number of aromatic nitrogens is 4. The number of esters is 2. The van der Waals surface area contributed by atoms with Crippen LogP contribution in [-0.4, -0.2) is 67.9 Å². The molecular formula is C48H48N6O4. The largest absolute Gasteiger partial charge is 0.434 e. The number of fused-ring (bicyclic) bond motifs is 2. The van der Waals surface area contributed by atoms with Crippen LogP contribution >= 0.6 is 0 Å². The van der Waals surface area contributed by atoms with Crippen molar-refractivity contribution in [3.8, 4) is 11.4 Å². The highest BCUT2D eigenvalue weighted by Crippen LogP contribution is 2.34. The SMILES string of the molecule is CN(Cc1ccccc1)C(/C=C1/CCCc2c1cnn2-c1ccccc1)OC(=O)C(=O)OC(/C=C1/CCCc2c1cnn2-c1ccccc1)N(C)Cc1ccccc1. The normalized spacial score (nSPS) is 16.2. The zero-order valence-corrected chi connectivity index (χ0v) is 33.0. The van der Waals surface area contributed by atoms with Crippen LogP contribution in [0.25, 0.3) is 22.5 Å². The van der Waals surface area contributed by atoms with Gasteiger partial charge in [0.25, 0.3) is 0 Å². The number of carbonyl (C=O) groups excluding carboxylic acids is 2. The summed E-state index contributed by atoms with van der Waals surface area (Å²) >= 11 is 0. The van der Waals surface area contributed by atoms with Gasteiger partial charge in [0.1, 0.15) is 0 Å². The Morgan fingerprint density at radius 3 is 1.31 bits per heavy atom. The molecule has 0 radical (unpaired) electrons. The lowest BCUT2D eigenvalue weighted by Gasteiger charge is -2.29. The van der Waals surface area contributed by atoms with Crippen LogP contribution in [0.15, 0.2) is 146 Å². The Balaban J connectivity index is 1.07. The topological polar surface area (TPSA) is 94.7 Å². The van der Waals surface area contributed by atoms with Crippen LogP contribution in [-0.2, 0) is 45.0 Å². The molecule has 2 aliphatic rings. The minimum Gasteiger partial charge on any atom is -0.434 e. The lowest BCUT2D eigenvalue weighted by molar-refractivity contribution is -0.179. The molecule has 2 aromatic heterocycles. The quantitative estimate of drug-likeness (QED) is 0.0699. The van der Waals surface area contributed by atoms with Gasteiger partial charge in [-0.2, -0.15) is 10.2 Å². The molecule has 0 bridgehead atoms. The van der Waals surface area contributed by atoms with Crippen LogP contribution in [0.1, 0.15) is 59.3 Å². The molecule has 4 aromatic carbocycles. The minimum absolute atomic E-state index is 0.487. The Labute approximate surface area is 339 Å². The highest BCUT2D eigenvalue weighted by Gasteiger charge is 2.31. The van der Waals surface area contributed by atoms with Crippen LogP contribution in [0, 0.1) is 0 Å². The van der Waals surface area contributed by atoms with E-state index in [-0.39, 0.29) is 0 Å². The fourth-order valence-corrected chi connectivity index (χ4v) is 7.94. The average Bonchev–Trinajstić information content (AvgIpc) is 3.91. The molecule has 294 valence electrons. The molecule has 6 aromatic rings. The molecule has 0 N–H and O–H groups in total. The third kappa shape index (κ3) is 8.78. The molecule has 58 heavy (non-hydrogen) atoms. The maximum absolute atomic E-state index is 13.9. The lowest BCUT2D eigenvalue weighted by Crippen LogP contribution is -2.40. The second-order valence-corrected chi connectivity index (χ2v) is 15.0. The van der Waals surface area contributed by atoms with Crippen molar-refractivity contribution in [1.82, 2.24) is 29.4 Å². The van der Waals surface area contributed by atoms with Crippen LogP contribution in [0.5, 0.6) is 0 Å². The summed E-state index contributed by atoms with van der Waals surface area (Å²) in [4.78, 5) is 31.7. The van der Waals surface area contributed by atoms with Gasteiger partial charge in [-0.1, -0.05) is 97.1 Å². The Kier molecular flexibility index (Phi) is 11.8. The number of para-hydroxylation sites is 2. The van der Waals surface area contributed by atoms with Gasteiger partial charge in [-0.25, -0.2) is 19.0 Å². The number of hydrogen-bond donors (Lipinski definition) is 0. The molecule has 2 aliphatic carbocycles. The van der Waals surface area contributed by atoms with Crippen LogP contribution in [0.4, 0.5) is 0 Å². The molecule has 0 spiro atoms. The van der Waals surface area contributed by atoms with Gasteiger partial charge in [-0.05, 0) is 111 Å². The van der Waals surface area contributed by atoms with Gasteiger partial charge in [0.2, 0.25) is 0 Å². The summed E-state index contributed by atoms with van der Waals surface area (Å²) in [5, 5.41) is 9.50. The summed E-state index contributed by atoms with van der Waals surface area (Å²) in [5.41, 5.74) is 10.4. The monoisotopic (exact) mass is 772 g/mol. The molecule has 10 nitrogen and oxygen atoms in total. The van der Waals surface area contributed by atoms with Gasteiger partial charge in [-0.15, -0.1) is 0 Å². The van der Waals surface area contributed by atoms with Crippen molar-refractivity contribution in [2.24, 2.45) is 0 Å². The number of benzene rings is 4. The van der Waals surface area contributed by atoms with Gasteiger partial charge in [0.05, 0.1) is 35.2 Å². The number of carbonyl (C=O) groups is 2. The maximum Gasteiger partial charge on any atom is 0.419 e. The Morgan fingerprint density at radius 1 is 0.569 bits per heavy atom. The molecule has 0 fully saturated rings. The van der Waals surface area contributed by atoms with Crippen molar-refractivity contribution in [2.75, 3.05) is 14.1 Å². The smallest absolute Gasteiger partial charge is 0.419 e. The van der Waals surface area contributed by atoms with Crippen molar-refractivity contribution in [3.63, 3.8) is 0 Å². The summed E-state index contributed by atoms with van der Waals surface area (Å²) < 4.78 is 16.2. The molecular weight excluding hydrogens is 725 g/mol. The maximum atomic E-state index is 13.9. The van der Waals surface area contributed by atoms with Gasteiger partial charge in [0.15, 0.2) is 12.5 Å². The van der Waals surface area contributed by atoms with E-state index in [4.69, 9.17) is 19.7 Å². The summed E-state index contributed by atoms with van der Waals surface area (Å²) in [7, 11) is 3.78. The van der Waals surface area contributed by atoms with E-state index in [9.17, 15) is 9.59 Å². The van der Waals surface area contributed by atoms with E-state index in [0.29, 0.717) is 13.1 Å². The van der Waals surface area contributed by atoms with Crippen molar-refractivity contribution in [2.45, 2.75) is 64.1 Å². The molecule has 2 atom stereocenters. The molecule has 2 unspecified atom stereocenters. The summed E-state index contributed by atoms with van der Waals surface area (Å²) in [6.45, 7) is 0.975. The van der Waals surface area contributed by atoms with Crippen LogP contribution in [0.3, 0.4) is 0 Å². The lowest BCUT2D eigenvalue weighted by atomic mass is 9.91. The molecule has 10 heteroatoms. The van der Waals surface area contributed by atoms with Gasteiger partial charge >= 0.3 is 11.9 Å². The van der Waals surface area contributed by atoms with E-state index in [1.807, 2.05) is 179 Å². The number of hydrogen-bond acceptors (Lipinski definition) is 8. The molecule has 2 heterocycles. The first-order chi connectivity index (χ1) is 28.4. The number of likely N-dealkylation sites (N-methyl/N-ethyl adjacent to an activating group) is 2. The van der Waals surface area contributed by atoms with E-state index in [1.165, 1.54) is 0 Å². The first kappa shape index (κ1) is 38.5. The van der Waals surface area contributed by atoms with Gasteiger partial charge in [-0.3, -0.25) is 9.80 Å². The highest BCUT2D eigenvalue weighted by atomic mass is 16.6. The number of nitrogens with zero attached hydrogens (tertiary/aromatic N) is 6. The number of allylic oxidation sites excluding steroid dienone is 2. The average molecular weight is 773 g/mol. The summed E-state index contributed by atoms with van der Waals surface area (Å²) in [6.07, 6.45) is 11.1. The molecule has 8 rings (SSSR count). The molecule has 0 aliphatic heterocycles. The predicted molar refractivity (Wildman–Crippen MR) is 225 cm³/mol. The number of rotatable bonds is 12. The van der Waals surface area contributed by atoms with Gasteiger partial charge in [0, 0.05) is 24.2 Å². The van der Waals surface area contributed by atoms with E-state index in [2.05, 4.69) is 0 Å². The van der Waals surface area contributed by atoms with E-state index >= 15 is 0 Å². The Hall–Kier alpha value is -6.36. The second-order valence-electron chi connectivity index (χ2n) is 15.0. The standard InChI is InChI=1S/C48H48N6O4/c1-51(33-35-17-7-3-8-18-35)45(29-37-21-15-27-43-41(37)31-49-53(43)39-23-11-5-12-24-39)57-47(55)48(56)58-46(52(2)34-36-19-9-4-10-20-36)30-38-22-16-28-44-42(38)32-50-54(44)40-25-13-6-14-26-40/h3-14,17-20,23-26,29-32,45-46H,15-16,21-22,27-28,33-34H2,1-2H3/b37-29-,38-30-. The van der Waals surface area contributed by atoms with Crippen molar-refractivity contribution < 1.29 is 19.1 Å². The van der Waals surface area contributed by atoms with Crippen molar-refractivity contribution >= 4 is 23.1 Å². The summed E-state index contributed by atoms with van der Waals surface area (Å²) in [6, 6.07) is 40.1. The van der Waals surface area contributed by atoms with Crippen molar-refractivity contribution in [1.29, 1.82) is 0 Å². The molecule has 0 amide bonds. The van der Waals surface area contributed by atoms with E-state index < -0.39 is 24.4 Å². The minimum atomic E-state index is -1.06. The predicted octanol–water partition coefficient (Wildman–Crippen LogP) is 8.20.